The molecule has 132 valence electrons. The highest BCUT2D eigenvalue weighted by Gasteiger charge is 2.48. The van der Waals surface area contributed by atoms with E-state index in [1.165, 1.54) is 43.7 Å². The SMILES string of the molecule is [C-]#[N+]c1c(F)ccc(-c2cc(C3C4CC5CC(C4)CC3C5)ccn2)c1F. The van der Waals surface area contributed by atoms with Gasteiger partial charge in [0.2, 0.25) is 0 Å². The van der Waals surface area contributed by atoms with Crippen LogP contribution in [0.15, 0.2) is 30.5 Å². The van der Waals surface area contributed by atoms with E-state index in [9.17, 15) is 8.78 Å². The maximum absolute atomic E-state index is 14.6. The Hall–Kier alpha value is -2.28. The minimum atomic E-state index is -0.821. The summed E-state index contributed by atoms with van der Waals surface area (Å²) in [5.41, 5.74) is 1.39. The fourth-order valence-electron chi connectivity index (χ4n) is 6.11. The molecule has 2 nitrogen and oxygen atoms in total. The van der Waals surface area contributed by atoms with E-state index in [4.69, 9.17) is 6.57 Å². The molecule has 1 heterocycles. The molecule has 4 aliphatic rings. The molecule has 0 saturated heterocycles. The molecule has 0 N–H and O–H groups in total. The zero-order valence-electron chi connectivity index (χ0n) is 14.5. The van der Waals surface area contributed by atoms with Crippen molar-refractivity contribution in [3.05, 3.63) is 59.1 Å². The lowest BCUT2D eigenvalue weighted by Gasteiger charge is -2.54. The number of halogens is 2. The van der Waals surface area contributed by atoms with Gasteiger partial charge in [0.05, 0.1) is 12.3 Å². The summed E-state index contributed by atoms with van der Waals surface area (Å²) in [4.78, 5) is 7.32. The summed E-state index contributed by atoms with van der Waals surface area (Å²) in [6.07, 6.45) is 8.44. The Morgan fingerprint density at radius 3 is 2.31 bits per heavy atom. The smallest absolute Gasteiger partial charge is 0.256 e. The number of nitrogens with zero attached hydrogens (tertiary/aromatic N) is 2. The van der Waals surface area contributed by atoms with Crippen LogP contribution in [-0.2, 0) is 0 Å². The summed E-state index contributed by atoms with van der Waals surface area (Å²) < 4.78 is 28.2. The molecule has 4 bridgehead atoms. The summed E-state index contributed by atoms with van der Waals surface area (Å²) in [5.74, 6) is 2.19. The second kappa shape index (κ2) is 5.87. The number of rotatable bonds is 2. The molecule has 4 aliphatic carbocycles. The summed E-state index contributed by atoms with van der Waals surface area (Å²) in [5, 5.41) is 0. The molecule has 4 saturated carbocycles. The Morgan fingerprint density at radius 2 is 1.65 bits per heavy atom. The highest BCUT2D eigenvalue weighted by atomic mass is 19.1. The third-order valence-electron chi connectivity index (χ3n) is 6.85. The van der Waals surface area contributed by atoms with Gasteiger partial charge < -0.3 is 0 Å². The number of pyridine rings is 1. The molecular formula is C22H20F2N2. The molecule has 6 rings (SSSR count). The predicted molar refractivity (Wildman–Crippen MR) is 95.6 cm³/mol. The van der Waals surface area contributed by atoms with Gasteiger partial charge in [-0.05, 0) is 91.5 Å². The molecule has 1 aromatic carbocycles. The van der Waals surface area contributed by atoms with Crippen molar-refractivity contribution in [3.8, 4) is 11.3 Å². The first-order valence-corrected chi connectivity index (χ1v) is 9.45. The van der Waals surface area contributed by atoms with E-state index < -0.39 is 17.3 Å². The third kappa shape index (κ3) is 2.37. The predicted octanol–water partition coefficient (Wildman–Crippen LogP) is 6.12. The van der Waals surface area contributed by atoms with Crippen LogP contribution in [0.2, 0.25) is 0 Å². The van der Waals surface area contributed by atoms with E-state index in [0.29, 0.717) is 11.6 Å². The maximum atomic E-state index is 14.6. The van der Waals surface area contributed by atoms with Crippen LogP contribution in [0.1, 0.15) is 43.6 Å². The average Bonchev–Trinajstić information content (AvgIpc) is 2.61. The quantitative estimate of drug-likeness (QED) is 0.597. The Bertz CT molecular complexity index is 887. The van der Waals surface area contributed by atoms with Crippen LogP contribution < -0.4 is 0 Å². The van der Waals surface area contributed by atoms with Gasteiger partial charge in [-0.25, -0.2) is 13.6 Å². The molecule has 0 unspecified atom stereocenters. The number of hydrogen-bond donors (Lipinski definition) is 0. The van der Waals surface area contributed by atoms with Gasteiger partial charge in [0, 0.05) is 11.8 Å². The highest BCUT2D eigenvalue weighted by Crippen LogP contribution is 2.59. The third-order valence-corrected chi connectivity index (χ3v) is 6.85. The van der Waals surface area contributed by atoms with Crippen LogP contribution >= 0.6 is 0 Å². The molecule has 0 atom stereocenters. The molecular weight excluding hydrogens is 330 g/mol. The summed E-state index contributed by atoms with van der Waals surface area (Å²) in [6.45, 7) is 7.02. The molecule has 0 spiro atoms. The lowest BCUT2D eigenvalue weighted by Crippen LogP contribution is -2.43. The van der Waals surface area contributed by atoms with Crippen molar-refractivity contribution < 1.29 is 8.78 Å². The normalized spacial score (nSPS) is 31.8. The van der Waals surface area contributed by atoms with Gasteiger partial charge in [-0.3, -0.25) is 4.98 Å². The van der Waals surface area contributed by atoms with Gasteiger partial charge in [0.15, 0.2) is 0 Å². The Labute approximate surface area is 152 Å². The summed E-state index contributed by atoms with van der Waals surface area (Å²) in [7, 11) is 0. The van der Waals surface area contributed by atoms with Crippen LogP contribution in [0, 0.1) is 41.9 Å². The average molecular weight is 350 g/mol. The molecule has 2 aromatic rings. The van der Waals surface area contributed by atoms with Crippen LogP contribution in [0.25, 0.3) is 16.1 Å². The van der Waals surface area contributed by atoms with Crippen molar-refractivity contribution in [2.75, 3.05) is 0 Å². The zero-order valence-corrected chi connectivity index (χ0v) is 14.5. The fourth-order valence-corrected chi connectivity index (χ4v) is 6.11. The molecule has 1 aromatic heterocycles. The maximum Gasteiger partial charge on any atom is 0.257 e. The van der Waals surface area contributed by atoms with Crippen LogP contribution in [0.4, 0.5) is 14.5 Å². The first kappa shape index (κ1) is 15.9. The Morgan fingerprint density at radius 1 is 0.962 bits per heavy atom. The first-order chi connectivity index (χ1) is 12.6. The number of aromatic nitrogens is 1. The monoisotopic (exact) mass is 350 g/mol. The number of hydrogen-bond acceptors (Lipinski definition) is 1. The topological polar surface area (TPSA) is 17.2 Å². The summed E-state index contributed by atoms with van der Waals surface area (Å²) >= 11 is 0. The lowest BCUT2D eigenvalue weighted by atomic mass is 9.51. The van der Waals surface area contributed by atoms with Crippen molar-refractivity contribution in [2.45, 2.75) is 38.0 Å². The van der Waals surface area contributed by atoms with Crippen molar-refractivity contribution in [1.82, 2.24) is 4.98 Å². The first-order valence-electron chi connectivity index (χ1n) is 9.45. The van der Waals surface area contributed by atoms with Gasteiger partial charge in [-0.1, -0.05) is 0 Å². The Kier molecular flexibility index (Phi) is 3.60. The Balaban J connectivity index is 1.54. The standard InChI is InChI=1S/C22H20F2N2/c1-25-22-18(23)3-2-17(21(22)24)19-11-14(4-5-26-19)20-15-7-12-6-13(9-15)10-16(20)8-12/h2-5,11-13,15-16,20H,6-10H2. The fraction of sp³-hybridized carbons (Fsp3) is 0.455. The molecule has 0 amide bonds. The molecule has 4 fully saturated rings. The van der Waals surface area contributed by atoms with Gasteiger partial charge in [0.1, 0.15) is 11.6 Å². The molecule has 26 heavy (non-hydrogen) atoms. The van der Waals surface area contributed by atoms with Crippen molar-refractivity contribution in [3.63, 3.8) is 0 Å². The van der Waals surface area contributed by atoms with E-state index in [1.54, 1.807) is 6.20 Å². The second-order valence-corrected chi connectivity index (χ2v) is 8.30. The zero-order chi connectivity index (χ0) is 17.8. The van der Waals surface area contributed by atoms with E-state index in [0.717, 1.165) is 29.7 Å². The summed E-state index contributed by atoms with van der Waals surface area (Å²) in [6, 6.07) is 6.58. The largest absolute Gasteiger partial charge is 0.257 e. The van der Waals surface area contributed by atoms with Gasteiger partial charge in [0.25, 0.3) is 5.69 Å². The molecule has 4 heteroatoms. The van der Waals surface area contributed by atoms with Crippen molar-refractivity contribution in [2.24, 2.45) is 23.7 Å². The van der Waals surface area contributed by atoms with Crippen molar-refractivity contribution in [1.29, 1.82) is 0 Å². The second-order valence-electron chi connectivity index (χ2n) is 8.30. The van der Waals surface area contributed by atoms with Crippen LogP contribution in [0.3, 0.4) is 0 Å². The van der Waals surface area contributed by atoms with E-state index in [2.05, 4.69) is 15.9 Å². The van der Waals surface area contributed by atoms with E-state index in [-0.39, 0.29) is 5.56 Å². The molecule has 0 radical (unpaired) electrons. The van der Waals surface area contributed by atoms with Crippen molar-refractivity contribution >= 4 is 5.69 Å². The lowest BCUT2D eigenvalue weighted by molar-refractivity contribution is -0.00278. The van der Waals surface area contributed by atoms with Crippen LogP contribution in [0.5, 0.6) is 0 Å². The van der Waals surface area contributed by atoms with Gasteiger partial charge in [-0.15, -0.1) is 0 Å². The van der Waals surface area contributed by atoms with Crippen LogP contribution in [-0.4, -0.2) is 4.98 Å². The minimum absolute atomic E-state index is 0.211. The number of benzene rings is 1. The van der Waals surface area contributed by atoms with Gasteiger partial charge in [-0.2, -0.15) is 0 Å². The molecule has 0 aliphatic heterocycles. The van der Waals surface area contributed by atoms with E-state index in [1.807, 2.05) is 6.07 Å². The van der Waals surface area contributed by atoms with Gasteiger partial charge >= 0.3 is 0 Å². The van der Waals surface area contributed by atoms with E-state index >= 15 is 0 Å². The highest BCUT2D eigenvalue weighted by molar-refractivity contribution is 5.67. The minimum Gasteiger partial charge on any atom is -0.256 e.